The van der Waals surface area contributed by atoms with Crippen LogP contribution < -0.4 is 0 Å². The van der Waals surface area contributed by atoms with Gasteiger partial charge in [-0.25, -0.2) is 0 Å². The number of carboxylic acids is 1. The molecule has 4 heteroatoms. The van der Waals surface area contributed by atoms with Gasteiger partial charge >= 0.3 is 5.97 Å². The largest absolute Gasteiger partial charge is 0.480 e. The highest BCUT2D eigenvalue weighted by Crippen LogP contribution is 2.23. The zero-order valence-electron chi connectivity index (χ0n) is 9.90. The van der Waals surface area contributed by atoms with Crippen LogP contribution >= 0.6 is 0 Å². The van der Waals surface area contributed by atoms with Crippen LogP contribution in [0.25, 0.3) is 0 Å². The standard InChI is InChI=1S/C12H23NO3/c14-9-5-1-4-8-13(10-12(15)16)11-6-2-3-7-11/h11,14H,1-10H2,(H,15,16). The predicted octanol–water partition coefficient (Wildman–Crippen LogP) is 1.48. The predicted molar refractivity (Wildman–Crippen MR) is 62.4 cm³/mol. The Morgan fingerprint density at radius 1 is 1.19 bits per heavy atom. The van der Waals surface area contributed by atoms with Crippen molar-refractivity contribution in [2.45, 2.75) is 51.0 Å². The van der Waals surface area contributed by atoms with E-state index in [-0.39, 0.29) is 13.2 Å². The van der Waals surface area contributed by atoms with Gasteiger partial charge in [-0.05, 0) is 38.6 Å². The van der Waals surface area contributed by atoms with Crippen molar-refractivity contribution in [3.8, 4) is 0 Å². The maximum atomic E-state index is 10.8. The summed E-state index contributed by atoms with van der Waals surface area (Å²) in [6.45, 7) is 1.27. The van der Waals surface area contributed by atoms with E-state index in [2.05, 4.69) is 4.90 Å². The lowest BCUT2D eigenvalue weighted by atomic mass is 10.1. The first-order valence-corrected chi connectivity index (χ1v) is 6.30. The number of hydrogen-bond acceptors (Lipinski definition) is 3. The van der Waals surface area contributed by atoms with Crippen molar-refractivity contribution >= 4 is 5.97 Å². The average Bonchev–Trinajstić information content (AvgIpc) is 2.75. The monoisotopic (exact) mass is 229 g/mol. The van der Waals surface area contributed by atoms with Gasteiger partial charge in [-0.15, -0.1) is 0 Å². The molecule has 1 rings (SSSR count). The lowest BCUT2D eigenvalue weighted by Crippen LogP contribution is -2.38. The maximum absolute atomic E-state index is 10.8. The fourth-order valence-electron chi connectivity index (χ4n) is 2.44. The molecule has 0 aromatic carbocycles. The van der Waals surface area contributed by atoms with Crippen LogP contribution in [-0.4, -0.2) is 46.8 Å². The molecule has 4 nitrogen and oxygen atoms in total. The molecule has 2 N–H and O–H groups in total. The van der Waals surface area contributed by atoms with Crippen molar-refractivity contribution in [1.82, 2.24) is 4.90 Å². The Kier molecular flexibility index (Phi) is 6.42. The first kappa shape index (κ1) is 13.5. The molecule has 0 atom stereocenters. The highest BCUT2D eigenvalue weighted by molar-refractivity contribution is 5.69. The minimum Gasteiger partial charge on any atom is -0.480 e. The van der Waals surface area contributed by atoms with Gasteiger partial charge < -0.3 is 10.2 Å². The van der Waals surface area contributed by atoms with Gasteiger partial charge in [0.15, 0.2) is 0 Å². The molecule has 1 saturated carbocycles. The van der Waals surface area contributed by atoms with E-state index in [0.717, 1.165) is 38.6 Å². The van der Waals surface area contributed by atoms with E-state index in [0.29, 0.717) is 6.04 Å². The van der Waals surface area contributed by atoms with Crippen molar-refractivity contribution in [2.75, 3.05) is 19.7 Å². The Morgan fingerprint density at radius 3 is 2.44 bits per heavy atom. The molecule has 1 fully saturated rings. The Hall–Kier alpha value is -0.610. The molecule has 0 aromatic heterocycles. The molecule has 0 unspecified atom stereocenters. The summed E-state index contributed by atoms with van der Waals surface area (Å²) >= 11 is 0. The zero-order chi connectivity index (χ0) is 11.8. The highest BCUT2D eigenvalue weighted by atomic mass is 16.4. The van der Waals surface area contributed by atoms with Gasteiger partial charge in [0.1, 0.15) is 0 Å². The van der Waals surface area contributed by atoms with Crippen molar-refractivity contribution < 1.29 is 15.0 Å². The van der Waals surface area contributed by atoms with Gasteiger partial charge in [-0.1, -0.05) is 12.8 Å². The Labute approximate surface area is 97.3 Å². The van der Waals surface area contributed by atoms with Crippen LogP contribution in [0.4, 0.5) is 0 Å². The summed E-state index contributed by atoms with van der Waals surface area (Å²) in [5.74, 6) is -0.728. The molecule has 1 aliphatic carbocycles. The van der Waals surface area contributed by atoms with Crippen LogP contribution in [-0.2, 0) is 4.79 Å². The zero-order valence-corrected chi connectivity index (χ0v) is 9.90. The van der Waals surface area contributed by atoms with Gasteiger partial charge in [0, 0.05) is 12.6 Å². The van der Waals surface area contributed by atoms with E-state index in [4.69, 9.17) is 10.2 Å². The van der Waals surface area contributed by atoms with Crippen LogP contribution in [0.3, 0.4) is 0 Å². The number of unbranched alkanes of at least 4 members (excludes halogenated alkanes) is 2. The van der Waals surface area contributed by atoms with Crippen LogP contribution in [0.5, 0.6) is 0 Å². The van der Waals surface area contributed by atoms with Gasteiger partial charge in [0.05, 0.1) is 6.54 Å². The van der Waals surface area contributed by atoms with E-state index < -0.39 is 5.97 Å². The smallest absolute Gasteiger partial charge is 0.317 e. The van der Waals surface area contributed by atoms with Crippen molar-refractivity contribution in [1.29, 1.82) is 0 Å². The normalized spacial score (nSPS) is 17.1. The van der Waals surface area contributed by atoms with Crippen LogP contribution in [0, 0.1) is 0 Å². The fraction of sp³-hybridized carbons (Fsp3) is 0.917. The minimum atomic E-state index is -0.728. The van der Waals surface area contributed by atoms with E-state index in [1.165, 1.54) is 12.8 Å². The second-order valence-electron chi connectivity index (χ2n) is 4.59. The van der Waals surface area contributed by atoms with Crippen LogP contribution in [0.1, 0.15) is 44.9 Å². The molecule has 0 bridgehead atoms. The van der Waals surface area contributed by atoms with Gasteiger partial charge in [0.25, 0.3) is 0 Å². The number of aliphatic carboxylic acids is 1. The van der Waals surface area contributed by atoms with Gasteiger partial charge in [0.2, 0.25) is 0 Å². The number of hydrogen-bond donors (Lipinski definition) is 2. The number of nitrogens with zero attached hydrogens (tertiary/aromatic N) is 1. The van der Waals surface area contributed by atoms with Crippen LogP contribution in [0.2, 0.25) is 0 Å². The quantitative estimate of drug-likeness (QED) is 0.619. The first-order valence-electron chi connectivity index (χ1n) is 6.30. The van der Waals surface area contributed by atoms with E-state index >= 15 is 0 Å². The minimum absolute atomic E-state index is 0.170. The van der Waals surface area contributed by atoms with Gasteiger partial charge in [-0.3, -0.25) is 9.69 Å². The molecule has 0 heterocycles. The summed E-state index contributed by atoms with van der Waals surface area (Å²) in [6.07, 6.45) is 7.56. The molecule has 0 aliphatic heterocycles. The van der Waals surface area contributed by atoms with Gasteiger partial charge in [-0.2, -0.15) is 0 Å². The summed E-state index contributed by atoms with van der Waals surface area (Å²) < 4.78 is 0. The molecule has 94 valence electrons. The third-order valence-electron chi connectivity index (χ3n) is 3.28. The summed E-state index contributed by atoms with van der Waals surface area (Å²) in [7, 11) is 0. The van der Waals surface area contributed by atoms with Crippen molar-refractivity contribution in [2.24, 2.45) is 0 Å². The Bertz CT molecular complexity index is 202. The van der Waals surface area contributed by atoms with E-state index in [1.807, 2.05) is 0 Å². The molecule has 0 aromatic rings. The topological polar surface area (TPSA) is 60.8 Å². The average molecular weight is 229 g/mol. The molecular formula is C12H23NO3. The third-order valence-corrected chi connectivity index (χ3v) is 3.28. The number of aliphatic hydroxyl groups excluding tert-OH is 1. The number of aliphatic hydroxyl groups is 1. The molecular weight excluding hydrogens is 206 g/mol. The summed E-state index contributed by atoms with van der Waals surface area (Å²) in [6, 6.07) is 0.477. The third kappa shape index (κ3) is 4.94. The van der Waals surface area contributed by atoms with E-state index in [1.54, 1.807) is 0 Å². The van der Waals surface area contributed by atoms with E-state index in [9.17, 15) is 4.79 Å². The summed E-state index contributed by atoms with van der Waals surface area (Å²) in [5, 5.41) is 17.5. The number of carbonyl (C=O) groups is 1. The lowest BCUT2D eigenvalue weighted by molar-refractivity contribution is -0.138. The Morgan fingerprint density at radius 2 is 1.88 bits per heavy atom. The summed E-state index contributed by atoms with van der Waals surface area (Å²) in [5.41, 5.74) is 0. The molecule has 1 aliphatic rings. The number of carboxylic acid groups (broad SMARTS) is 1. The Balaban J connectivity index is 2.28. The molecule has 16 heavy (non-hydrogen) atoms. The highest BCUT2D eigenvalue weighted by Gasteiger charge is 2.23. The summed E-state index contributed by atoms with van der Waals surface area (Å²) in [4.78, 5) is 12.9. The SMILES string of the molecule is O=C(O)CN(CCCCCO)C1CCCC1. The first-order chi connectivity index (χ1) is 7.74. The number of rotatable bonds is 8. The lowest BCUT2D eigenvalue weighted by Gasteiger charge is -2.26. The fourth-order valence-corrected chi connectivity index (χ4v) is 2.44. The maximum Gasteiger partial charge on any atom is 0.317 e. The molecule has 0 saturated heterocycles. The van der Waals surface area contributed by atoms with Crippen LogP contribution in [0.15, 0.2) is 0 Å². The molecule has 0 spiro atoms. The van der Waals surface area contributed by atoms with Crippen molar-refractivity contribution in [3.63, 3.8) is 0 Å². The molecule has 0 radical (unpaired) electrons. The second kappa shape index (κ2) is 7.63. The second-order valence-corrected chi connectivity index (χ2v) is 4.59. The molecule has 0 amide bonds. The van der Waals surface area contributed by atoms with Crippen molar-refractivity contribution in [3.05, 3.63) is 0 Å².